The quantitative estimate of drug-likeness (QED) is 0.384. The molecule has 0 rings (SSSR count). The van der Waals surface area contributed by atoms with Crippen molar-refractivity contribution in [2.45, 2.75) is 71.3 Å². The fraction of sp³-hybridized carbons (Fsp3) is 1.00. The Kier molecular flexibility index (Phi) is 16.1. The summed E-state index contributed by atoms with van der Waals surface area (Å²) in [7, 11) is 0. The van der Waals surface area contributed by atoms with Crippen LogP contribution in [0.15, 0.2) is 0 Å². The Bertz CT molecular complexity index is 202. The lowest BCUT2D eigenvalue weighted by Gasteiger charge is -2.17. The van der Waals surface area contributed by atoms with Crippen molar-refractivity contribution < 1.29 is 14.9 Å². The highest BCUT2D eigenvalue weighted by Gasteiger charge is 2.08. The predicted molar refractivity (Wildman–Crippen MR) is 88.6 cm³/mol. The van der Waals surface area contributed by atoms with E-state index in [1.54, 1.807) is 0 Å². The Hall–Kier alpha value is -0.160. The number of hydrogen-bond donors (Lipinski definition) is 3. The number of rotatable bonds is 16. The van der Waals surface area contributed by atoms with Gasteiger partial charge in [-0.15, -0.1) is 0 Å². The van der Waals surface area contributed by atoms with Crippen LogP contribution in [0.1, 0.15) is 65.2 Å². The number of aliphatic hydroxyl groups is 2. The maximum atomic E-state index is 9.83. The molecule has 0 amide bonds. The highest BCUT2D eigenvalue weighted by atomic mass is 16.5. The third kappa shape index (κ3) is 14.5. The van der Waals surface area contributed by atoms with Gasteiger partial charge in [-0.05, 0) is 31.7 Å². The second-order valence-electron chi connectivity index (χ2n) is 5.95. The minimum atomic E-state index is -0.411. The van der Waals surface area contributed by atoms with Gasteiger partial charge in [0, 0.05) is 19.8 Å². The van der Waals surface area contributed by atoms with Gasteiger partial charge in [-0.2, -0.15) is 0 Å². The van der Waals surface area contributed by atoms with Crippen molar-refractivity contribution in [1.82, 2.24) is 5.32 Å². The molecule has 2 unspecified atom stereocenters. The molecule has 0 radical (unpaired) electrons. The number of aliphatic hydroxyl groups excluding tert-OH is 2. The van der Waals surface area contributed by atoms with Gasteiger partial charge in [-0.25, -0.2) is 0 Å². The molecule has 2 atom stereocenters. The molecule has 128 valence electrons. The lowest BCUT2D eigenvalue weighted by atomic mass is 10.0. The molecule has 0 saturated carbocycles. The van der Waals surface area contributed by atoms with Gasteiger partial charge in [0.25, 0.3) is 0 Å². The van der Waals surface area contributed by atoms with E-state index in [0.29, 0.717) is 25.7 Å². The Morgan fingerprint density at radius 3 is 2.43 bits per heavy atom. The maximum Gasteiger partial charge on any atom is 0.0897 e. The van der Waals surface area contributed by atoms with Crippen molar-refractivity contribution in [3.8, 4) is 0 Å². The molecule has 4 heteroatoms. The van der Waals surface area contributed by atoms with Crippen LogP contribution < -0.4 is 5.32 Å². The van der Waals surface area contributed by atoms with E-state index < -0.39 is 6.10 Å². The van der Waals surface area contributed by atoms with E-state index in [2.05, 4.69) is 19.2 Å². The number of unbranched alkanes of at least 4 members (excludes halogenated alkanes) is 4. The third-order valence-corrected chi connectivity index (χ3v) is 3.85. The molecule has 3 N–H and O–H groups in total. The molecule has 0 fully saturated rings. The minimum absolute atomic E-state index is 0.292. The highest BCUT2D eigenvalue weighted by molar-refractivity contribution is 4.61. The number of hydrogen-bond acceptors (Lipinski definition) is 4. The lowest BCUT2D eigenvalue weighted by molar-refractivity contribution is 0.0194. The molecule has 0 spiro atoms. The van der Waals surface area contributed by atoms with E-state index in [9.17, 15) is 5.11 Å². The molecule has 0 aromatic carbocycles. The molecule has 0 aliphatic carbocycles. The zero-order valence-electron chi connectivity index (χ0n) is 14.1. The van der Waals surface area contributed by atoms with Gasteiger partial charge >= 0.3 is 0 Å². The van der Waals surface area contributed by atoms with E-state index in [4.69, 9.17) is 9.84 Å². The minimum Gasteiger partial charge on any atom is -0.396 e. The van der Waals surface area contributed by atoms with Gasteiger partial charge in [0.15, 0.2) is 0 Å². The van der Waals surface area contributed by atoms with Gasteiger partial charge in [-0.3, -0.25) is 0 Å². The van der Waals surface area contributed by atoms with Gasteiger partial charge in [0.05, 0.1) is 12.7 Å². The van der Waals surface area contributed by atoms with E-state index in [1.165, 1.54) is 19.3 Å². The van der Waals surface area contributed by atoms with Crippen LogP contribution in [0, 0.1) is 5.92 Å². The average molecular weight is 303 g/mol. The highest BCUT2D eigenvalue weighted by Crippen LogP contribution is 2.12. The summed E-state index contributed by atoms with van der Waals surface area (Å²) < 4.78 is 5.64. The Morgan fingerprint density at radius 1 is 1.00 bits per heavy atom. The van der Waals surface area contributed by atoms with E-state index in [0.717, 1.165) is 45.3 Å². The van der Waals surface area contributed by atoms with Crippen LogP contribution in [0.25, 0.3) is 0 Å². The summed E-state index contributed by atoms with van der Waals surface area (Å²) in [6.45, 7) is 7.45. The van der Waals surface area contributed by atoms with Crippen LogP contribution >= 0.6 is 0 Å². The first-order valence-electron chi connectivity index (χ1n) is 8.81. The summed E-state index contributed by atoms with van der Waals surface area (Å²) in [4.78, 5) is 0. The standard InChI is InChI=1S/C17H37NO3/c1-3-5-10-16(4-2)14-21-15-17(20)13-18-11-8-6-7-9-12-19/h16-20H,3-15H2,1-2H3. The van der Waals surface area contributed by atoms with Crippen LogP contribution in [-0.4, -0.2) is 49.2 Å². The fourth-order valence-electron chi connectivity index (χ4n) is 2.31. The van der Waals surface area contributed by atoms with Crippen molar-refractivity contribution in [3.05, 3.63) is 0 Å². The van der Waals surface area contributed by atoms with Gasteiger partial charge in [0.2, 0.25) is 0 Å². The van der Waals surface area contributed by atoms with Gasteiger partial charge < -0.3 is 20.3 Å². The summed E-state index contributed by atoms with van der Waals surface area (Å²) in [6, 6.07) is 0. The number of nitrogens with one attached hydrogen (secondary N) is 1. The lowest BCUT2D eigenvalue weighted by Crippen LogP contribution is -2.31. The van der Waals surface area contributed by atoms with Crippen molar-refractivity contribution in [3.63, 3.8) is 0 Å². The second-order valence-corrected chi connectivity index (χ2v) is 5.95. The third-order valence-electron chi connectivity index (χ3n) is 3.85. The smallest absolute Gasteiger partial charge is 0.0897 e. The van der Waals surface area contributed by atoms with E-state index >= 15 is 0 Å². The molecule has 0 heterocycles. The Labute approximate surface area is 131 Å². The molecular weight excluding hydrogens is 266 g/mol. The normalized spacial score (nSPS) is 14.3. The van der Waals surface area contributed by atoms with Crippen molar-refractivity contribution in [1.29, 1.82) is 0 Å². The molecule has 0 saturated heterocycles. The van der Waals surface area contributed by atoms with Crippen LogP contribution in [0.3, 0.4) is 0 Å². The van der Waals surface area contributed by atoms with E-state index in [-0.39, 0.29) is 0 Å². The summed E-state index contributed by atoms with van der Waals surface area (Å²) >= 11 is 0. The molecule has 0 aromatic heterocycles. The molecule has 0 bridgehead atoms. The van der Waals surface area contributed by atoms with Crippen LogP contribution in [0.2, 0.25) is 0 Å². The zero-order valence-corrected chi connectivity index (χ0v) is 14.1. The second kappa shape index (κ2) is 16.2. The first-order valence-corrected chi connectivity index (χ1v) is 8.81. The number of ether oxygens (including phenoxy) is 1. The Morgan fingerprint density at radius 2 is 1.76 bits per heavy atom. The summed E-state index contributed by atoms with van der Waals surface area (Å²) in [5.41, 5.74) is 0. The fourth-order valence-corrected chi connectivity index (χ4v) is 2.31. The molecule has 21 heavy (non-hydrogen) atoms. The molecule has 0 aliphatic heterocycles. The first kappa shape index (κ1) is 20.8. The summed E-state index contributed by atoms with van der Waals surface area (Å²) in [5.74, 6) is 0.636. The van der Waals surface area contributed by atoms with Crippen LogP contribution in [-0.2, 0) is 4.74 Å². The van der Waals surface area contributed by atoms with Gasteiger partial charge in [0.1, 0.15) is 0 Å². The van der Waals surface area contributed by atoms with Crippen molar-refractivity contribution >= 4 is 0 Å². The molecule has 4 nitrogen and oxygen atoms in total. The summed E-state index contributed by atoms with van der Waals surface area (Å²) in [5, 5.41) is 21.8. The van der Waals surface area contributed by atoms with Gasteiger partial charge in [-0.1, -0.05) is 46.0 Å². The zero-order chi connectivity index (χ0) is 15.8. The SMILES string of the molecule is CCCCC(CC)COCC(O)CNCCCCCCO. The van der Waals surface area contributed by atoms with E-state index in [1.807, 2.05) is 0 Å². The molecule has 0 aromatic rings. The van der Waals surface area contributed by atoms with Crippen LogP contribution in [0.5, 0.6) is 0 Å². The average Bonchev–Trinajstić information content (AvgIpc) is 2.49. The topological polar surface area (TPSA) is 61.7 Å². The molecule has 0 aliphatic rings. The Balaban J connectivity index is 3.38. The van der Waals surface area contributed by atoms with Crippen molar-refractivity contribution in [2.75, 3.05) is 32.9 Å². The summed E-state index contributed by atoms with van der Waals surface area (Å²) in [6.07, 6.45) is 8.69. The largest absolute Gasteiger partial charge is 0.396 e. The predicted octanol–water partition coefficient (Wildman–Crippen LogP) is 2.72. The first-order chi connectivity index (χ1) is 10.2. The van der Waals surface area contributed by atoms with Crippen LogP contribution in [0.4, 0.5) is 0 Å². The monoisotopic (exact) mass is 303 g/mol. The van der Waals surface area contributed by atoms with Crippen molar-refractivity contribution in [2.24, 2.45) is 5.92 Å². The maximum absolute atomic E-state index is 9.83. The molecular formula is C17H37NO3.